The Hall–Kier alpha value is -0.330. The SMILES string of the molecule is CCN1CCC(N(C)C(C)(CN)CCCC(F)(F)F)CC1. The van der Waals surface area contributed by atoms with Crippen LogP contribution < -0.4 is 5.73 Å². The van der Waals surface area contributed by atoms with E-state index in [4.69, 9.17) is 5.73 Å². The van der Waals surface area contributed by atoms with Crippen LogP contribution in [0, 0.1) is 0 Å². The van der Waals surface area contributed by atoms with Gasteiger partial charge < -0.3 is 10.6 Å². The van der Waals surface area contributed by atoms with Gasteiger partial charge in [0.2, 0.25) is 0 Å². The van der Waals surface area contributed by atoms with Gasteiger partial charge in [-0.1, -0.05) is 6.92 Å². The second-order valence-corrected chi connectivity index (χ2v) is 6.45. The Bertz CT molecular complexity index is 301. The van der Waals surface area contributed by atoms with Crippen LogP contribution in [-0.4, -0.2) is 60.8 Å². The molecule has 0 amide bonds. The summed E-state index contributed by atoms with van der Waals surface area (Å²) in [6.45, 7) is 7.75. The van der Waals surface area contributed by atoms with Crippen LogP contribution in [0.4, 0.5) is 13.2 Å². The molecule has 3 nitrogen and oxygen atoms in total. The normalized spacial score (nSPS) is 21.7. The number of piperidine rings is 1. The van der Waals surface area contributed by atoms with E-state index < -0.39 is 12.6 Å². The number of halogens is 3. The van der Waals surface area contributed by atoms with Crippen molar-refractivity contribution in [3.05, 3.63) is 0 Å². The minimum Gasteiger partial charge on any atom is -0.329 e. The summed E-state index contributed by atoms with van der Waals surface area (Å²) in [6.07, 6.45) is -2.01. The molecule has 126 valence electrons. The van der Waals surface area contributed by atoms with E-state index in [9.17, 15) is 13.2 Å². The predicted molar refractivity (Wildman–Crippen MR) is 80.3 cm³/mol. The summed E-state index contributed by atoms with van der Waals surface area (Å²) in [4.78, 5) is 4.64. The topological polar surface area (TPSA) is 32.5 Å². The molecule has 0 bridgehead atoms. The summed E-state index contributed by atoms with van der Waals surface area (Å²) < 4.78 is 37.0. The zero-order valence-corrected chi connectivity index (χ0v) is 13.5. The van der Waals surface area contributed by atoms with Crippen LogP contribution >= 0.6 is 0 Å². The lowest BCUT2D eigenvalue weighted by Gasteiger charge is -2.46. The van der Waals surface area contributed by atoms with Crippen LogP contribution in [0.3, 0.4) is 0 Å². The second kappa shape index (κ2) is 7.79. The summed E-state index contributed by atoms with van der Waals surface area (Å²) in [5.74, 6) is 0. The largest absolute Gasteiger partial charge is 0.389 e. The van der Waals surface area contributed by atoms with E-state index in [2.05, 4.69) is 16.7 Å². The standard InChI is InChI=1S/C15H30F3N3/c1-4-21-10-6-13(7-11-21)20(3)14(2,12-19)8-5-9-15(16,17)18/h13H,4-12,19H2,1-3H3. The average molecular weight is 309 g/mol. The molecule has 0 radical (unpaired) electrons. The second-order valence-electron chi connectivity index (χ2n) is 6.45. The molecule has 0 saturated carbocycles. The summed E-state index contributed by atoms with van der Waals surface area (Å²) >= 11 is 0. The van der Waals surface area contributed by atoms with Gasteiger partial charge in [-0.3, -0.25) is 4.90 Å². The number of likely N-dealkylation sites (tertiary alicyclic amines) is 1. The molecule has 0 aromatic heterocycles. The first-order valence-electron chi connectivity index (χ1n) is 7.94. The van der Waals surface area contributed by atoms with E-state index in [-0.39, 0.29) is 12.0 Å². The van der Waals surface area contributed by atoms with E-state index >= 15 is 0 Å². The first-order valence-corrected chi connectivity index (χ1v) is 7.94. The molecule has 1 heterocycles. The first kappa shape index (κ1) is 18.7. The number of rotatable bonds is 7. The van der Waals surface area contributed by atoms with Gasteiger partial charge in [-0.05, 0) is 59.3 Å². The molecule has 1 saturated heterocycles. The third-order valence-electron chi connectivity index (χ3n) is 5.02. The highest BCUT2D eigenvalue weighted by Crippen LogP contribution is 2.29. The van der Waals surface area contributed by atoms with E-state index in [1.165, 1.54) is 0 Å². The van der Waals surface area contributed by atoms with Crippen molar-refractivity contribution in [2.45, 2.75) is 63.7 Å². The lowest BCUT2D eigenvalue weighted by Crippen LogP contribution is -2.56. The highest BCUT2D eigenvalue weighted by atomic mass is 19.4. The lowest BCUT2D eigenvalue weighted by molar-refractivity contribution is -0.137. The van der Waals surface area contributed by atoms with Crippen LogP contribution in [0.25, 0.3) is 0 Å². The quantitative estimate of drug-likeness (QED) is 0.785. The molecule has 1 unspecified atom stereocenters. The monoisotopic (exact) mass is 309 g/mol. The fraction of sp³-hybridized carbons (Fsp3) is 1.00. The minimum absolute atomic E-state index is 0.148. The molecule has 2 N–H and O–H groups in total. The average Bonchev–Trinajstić information content (AvgIpc) is 2.45. The Morgan fingerprint density at radius 3 is 2.19 bits per heavy atom. The van der Waals surface area contributed by atoms with Crippen molar-refractivity contribution in [1.82, 2.24) is 9.80 Å². The molecular formula is C15H30F3N3. The van der Waals surface area contributed by atoms with Crippen LogP contribution in [-0.2, 0) is 0 Å². The summed E-state index contributed by atoms with van der Waals surface area (Å²) in [5.41, 5.74) is 5.54. The zero-order chi connectivity index (χ0) is 16.1. The third-order valence-corrected chi connectivity index (χ3v) is 5.02. The van der Waals surface area contributed by atoms with Crippen LogP contribution in [0.15, 0.2) is 0 Å². The van der Waals surface area contributed by atoms with Crippen LogP contribution in [0.1, 0.15) is 46.0 Å². The Morgan fingerprint density at radius 1 is 1.19 bits per heavy atom. The van der Waals surface area contributed by atoms with Gasteiger partial charge in [0, 0.05) is 24.5 Å². The summed E-state index contributed by atoms with van der Waals surface area (Å²) in [7, 11) is 2.02. The maximum Gasteiger partial charge on any atom is 0.389 e. The molecule has 0 aromatic rings. The van der Waals surface area contributed by atoms with Crippen molar-refractivity contribution in [1.29, 1.82) is 0 Å². The Morgan fingerprint density at radius 2 is 1.76 bits per heavy atom. The van der Waals surface area contributed by atoms with E-state index in [1.807, 2.05) is 14.0 Å². The number of nitrogens with zero attached hydrogens (tertiary/aromatic N) is 2. The highest BCUT2D eigenvalue weighted by Gasteiger charge is 2.35. The molecule has 1 aliphatic heterocycles. The fourth-order valence-electron chi connectivity index (χ4n) is 3.16. The zero-order valence-electron chi connectivity index (χ0n) is 13.5. The molecule has 1 aliphatic rings. The Labute approximate surface area is 126 Å². The summed E-state index contributed by atoms with van der Waals surface area (Å²) in [6, 6.07) is 0.423. The van der Waals surface area contributed by atoms with Gasteiger partial charge in [0.15, 0.2) is 0 Å². The van der Waals surface area contributed by atoms with Gasteiger partial charge in [0.05, 0.1) is 0 Å². The van der Waals surface area contributed by atoms with Gasteiger partial charge >= 0.3 is 6.18 Å². The van der Waals surface area contributed by atoms with Gasteiger partial charge in [0.25, 0.3) is 0 Å². The van der Waals surface area contributed by atoms with Crippen molar-refractivity contribution in [3.8, 4) is 0 Å². The predicted octanol–water partition coefficient (Wildman–Crippen LogP) is 2.85. The van der Waals surface area contributed by atoms with Gasteiger partial charge in [0.1, 0.15) is 0 Å². The maximum atomic E-state index is 12.3. The number of likely N-dealkylation sites (N-methyl/N-ethyl adjacent to an activating group) is 1. The smallest absolute Gasteiger partial charge is 0.329 e. The highest BCUT2D eigenvalue weighted by molar-refractivity contribution is 4.91. The number of hydrogen-bond donors (Lipinski definition) is 1. The van der Waals surface area contributed by atoms with Gasteiger partial charge in [-0.25, -0.2) is 0 Å². The molecular weight excluding hydrogens is 279 g/mol. The molecule has 1 atom stereocenters. The lowest BCUT2D eigenvalue weighted by atomic mass is 9.89. The molecule has 21 heavy (non-hydrogen) atoms. The van der Waals surface area contributed by atoms with Crippen molar-refractivity contribution >= 4 is 0 Å². The van der Waals surface area contributed by atoms with Crippen LogP contribution in [0.5, 0.6) is 0 Å². The molecule has 6 heteroatoms. The molecule has 1 fully saturated rings. The summed E-state index contributed by atoms with van der Waals surface area (Å²) in [5, 5.41) is 0. The first-order chi connectivity index (χ1) is 9.72. The van der Waals surface area contributed by atoms with Gasteiger partial charge in [-0.2, -0.15) is 13.2 Å². The molecule has 1 rings (SSSR count). The number of nitrogens with two attached hydrogens (primary N) is 1. The van der Waals surface area contributed by atoms with Crippen LogP contribution in [0.2, 0.25) is 0 Å². The number of hydrogen-bond acceptors (Lipinski definition) is 3. The molecule has 0 aromatic carbocycles. The molecule has 0 spiro atoms. The van der Waals surface area contributed by atoms with E-state index in [1.54, 1.807) is 0 Å². The fourth-order valence-corrected chi connectivity index (χ4v) is 3.16. The Kier molecular flexibility index (Phi) is 6.94. The van der Waals surface area contributed by atoms with E-state index in [0.717, 1.165) is 32.5 Å². The van der Waals surface area contributed by atoms with Crippen molar-refractivity contribution in [2.75, 3.05) is 33.2 Å². The maximum absolute atomic E-state index is 12.3. The van der Waals surface area contributed by atoms with E-state index in [0.29, 0.717) is 19.0 Å². The Balaban J connectivity index is 2.52. The minimum atomic E-state index is -4.07. The van der Waals surface area contributed by atoms with Gasteiger partial charge in [-0.15, -0.1) is 0 Å². The third kappa shape index (κ3) is 5.75. The van der Waals surface area contributed by atoms with Crippen molar-refractivity contribution in [3.63, 3.8) is 0 Å². The molecule has 0 aliphatic carbocycles. The number of alkyl halides is 3. The van der Waals surface area contributed by atoms with Crippen molar-refractivity contribution < 1.29 is 13.2 Å². The van der Waals surface area contributed by atoms with Crippen molar-refractivity contribution in [2.24, 2.45) is 5.73 Å².